The fourth-order valence-corrected chi connectivity index (χ4v) is 2.66. The Morgan fingerprint density at radius 1 is 1.25 bits per heavy atom. The first kappa shape index (κ1) is 16.2. The number of nitrogens with zero attached hydrogens (tertiary/aromatic N) is 2. The normalized spacial score (nSPS) is 12.3. The molecule has 0 aliphatic rings. The molecule has 5 nitrogen and oxygen atoms in total. The third kappa shape index (κ3) is 3.46. The number of hydrogen-bond donors (Lipinski definition) is 1. The summed E-state index contributed by atoms with van der Waals surface area (Å²) in [7, 11) is 0. The highest BCUT2D eigenvalue weighted by atomic mass is 16.5. The van der Waals surface area contributed by atoms with E-state index in [9.17, 15) is 9.90 Å². The summed E-state index contributed by atoms with van der Waals surface area (Å²) in [6.07, 6.45) is -0.142. The van der Waals surface area contributed by atoms with Crippen LogP contribution < -0.4 is 4.74 Å². The van der Waals surface area contributed by atoms with Crippen LogP contribution in [0.2, 0.25) is 0 Å². The lowest BCUT2D eigenvalue weighted by atomic mass is 10.1. The van der Waals surface area contributed by atoms with Crippen molar-refractivity contribution >= 4 is 16.8 Å². The number of benzene rings is 2. The summed E-state index contributed by atoms with van der Waals surface area (Å²) in [6, 6.07) is 15.5. The molecule has 5 heteroatoms. The standard InChI is InChI=1S/C19H20N2O3/c1-13(22)10-18-17-11-16(24-12-15-6-4-3-5-7-15)8-9-19(17)21(20-18)14(2)23/h3-9,11,13,22H,10,12H2,1-2H3. The van der Waals surface area contributed by atoms with E-state index in [4.69, 9.17) is 4.74 Å². The van der Waals surface area contributed by atoms with Crippen LogP contribution in [-0.4, -0.2) is 26.9 Å². The van der Waals surface area contributed by atoms with Gasteiger partial charge in [0.05, 0.1) is 17.3 Å². The van der Waals surface area contributed by atoms with Crippen LogP contribution in [0.25, 0.3) is 10.9 Å². The van der Waals surface area contributed by atoms with Gasteiger partial charge in [0, 0.05) is 18.7 Å². The molecule has 0 aliphatic carbocycles. The summed E-state index contributed by atoms with van der Waals surface area (Å²) in [5.74, 6) is 0.552. The maximum absolute atomic E-state index is 11.8. The van der Waals surface area contributed by atoms with Gasteiger partial charge in [0.1, 0.15) is 12.4 Å². The van der Waals surface area contributed by atoms with Gasteiger partial charge in [-0.1, -0.05) is 30.3 Å². The Morgan fingerprint density at radius 2 is 2.00 bits per heavy atom. The van der Waals surface area contributed by atoms with Crippen LogP contribution >= 0.6 is 0 Å². The molecule has 24 heavy (non-hydrogen) atoms. The summed E-state index contributed by atoms with van der Waals surface area (Å²) in [5.41, 5.74) is 2.51. The van der Waals surface area contributed by atoms with Crippen molar-refractivity contribution < 1.29 is 14.6 Å². The quantitative estimate of drug-likeness (QED) is 0.783. The van der Waals surface area contributed by atoms with Crippen LogP contribution in [0.3, 0.4) is 0 Å². The molecule has 0 spiro atoms. The smallest absolute Gasteiger partial charge is 0.244 e. The molecule has 1 N–H and O–H groups in total. The highest BCUT2D eigenvalue weighted by molar-refractivity contribution is 5.92. The van der Waals surface area contributed by atoms with E-state index in [1.807, 2.05) is 48.5 Å². The minimum Gasteiger partial charge on any atom is -0.489 e. The number of aromatic nitrogens is 2. The van der Waals surface area contributed by atoms with Gasteiger partial charge in [-0.2, -0.15) is 5.10 Å². The van der Waals surface area contributed by atoms with Crippen LogP contribution in [0, 0.1) is 0 Å². The van der Waals surface area contributed by atoms with Gasteiger partial charge in [0.25, 0.3) is 0 Å². The minimum atomic E-state index is -0.530. The van der Waals surface area contributed by atoms with Crippen LogP contribution in [0.5, 0.6) is 5.75 Å². The molecule has 1 unspecified atom stereocenters. The molecule has 124 valence electrons. The summed E-state index contributed by atoms with van der Waals surface area (Å²) < 4.78 is 7.21. The van der Waals surface area contributed by atoms with Crippen molar-refractivity contribution in [2.45, 2.75) is 33.0 Å². The topological polar surface area (TPSA) is 64.4 Å². The molecule has 0 saturated carbocycles. The fraction of sp³-hybridized carbons (Fsp3) is 0.263. The van der Waals surface area contributed by atoms with Gasteiger partial charge in [-0.15, -0.1) is 0 Å². The number of ether oxygens (including phenoxy) is 1. The van der Waals surface area contributed by atoms with E-state index in [0.29, 0.717) is 24.5 Å². The third-order valence-electron chi connectivity index (χ3n) is 3.76. The molecule has 2 aromatic carbocycles. The first-order chi connectivity index (χ1) is 11.5. The van der Waals surface area contributed by atoms with Crippen molar-refractivity contribution in [3.05, 3.63) is 59.8 Å². The first-order valence-corrected chi connectivity index (χ1v) is 7.92. The van der Waals surface area contributed by atoms with Gasteiger partial charge < -0.3 is 9.84 Å². The maximum atomic E-state index is 11.8. The molecule has 0 bridgehead atoms. The van der Waals surface area contributed by atoms with E-state index in [0.717, 1.165) is 16.5 Å². The van der Waals surface area contributed by atoms with E-state index < -0.39 is 6.10 Å². The van der Waals surface area contributed by atoms with Gasteiger partial charge in [-0.05, 0) is 30.7 Å². The Hall–Kier alpha value is -2.66. The predicted octanol–water partition coefficient (Wildman–Crippen LogP) is 3.20. The highest BCUT2D eigenvalue weighted by Gasteiger charge is 2.15. The number of aliphatic hydroxyl groups excluding tert-OH is 1. The first-order valence-electron chi connectivity index (χ1n) is 7.92. The SMILES string of the molecule is CC(=O)n1nc(CC(C)O)c2cc(OCc3ccccc3)ccc21. The monoisotopic (exact) mass is 324 g/mol. The molecule has 1 atom stereocenters. The molecular formula is C19H20N2O3. The lowest BCUT2D eigenvalue weighted by Gasteiger charge is -2.07. The Labute approximate surface area is 140 Å². The van der Waals surface area contributed by atoms with Gasteiger partial charge >= 0.3 is 0 Å². The Kier molecular flexibility index (Phi) is 4.62. The predicted molar refractivity (Wildman–Crippen MR) is 92.2 cm³/mol. The van der Waals surface area contributed by atoms with Gasteiger partial charge in [0.2, 0.25) is 5.91 Å². The molecule has 1 aromatic heterocycles. The van der Waals surface area contributed by atoms with Gasteiger partial charge in [-0.3, -0.25) is 4.79 Å². The lowest BCUT2D eigenvalue weighted by Crippen LogP contribution is -2.09. The number of carbonyl (C=O) groups excluding carboxylic acids is 1. The zero-order valence-corrected chi connectivity index (χ0v) is 13.8. The van der Waals surface area contributed by atoms with E-state index in [-0.39, 0.29) is 5.91 Å². The number of hydrogen-bond acceptors (Lipinski definition) is 4. The van der Waals surface area contributed by atoms with Gasteiger partial charge in [-0.25, -0.2) is 4.68 Å². The van der Waals surface area contributed by atoms with Crippen molar-refractivity contribution in [1.29, 1.82) is 0 Å². The Morgan fingerprint density at radius 3 is 2.67 bits per heavy atom. The number of aliphatic hydroxyl groups is 1. The number of carbonyl (C=O) groups is 1. The molecule has 0 aliphatic heterocycles. The van der Waals surface area contributed by atoms with Crippen LogP contribution in [-0.2, 0) is 13.0 Å². The molecule has 0 radical (unpaired) electrons. The van der Waals surface area contributed by atoms with Crippen molar-refractivity contribution in [2.75, 3.05) is 0 Å². The van der Waals surface area contributed by atoms with Crippen molar-refractivity contribution in [3.63, 3.8) is 0 Å². The summed E-state index contributed by atoms with van der Waals surface area (Å²) in [6.45, 7) is 3.64. The van der Waals surface area contributed by atoms with E-state index in [2.05, 4.69) is 5.10 Å². The Bertz CT molecular complexity index is 854. The number of fused-ring (bicyclic) bond motifs is 1. The fourth-order valence-electron chi connectivity index (χ4n) is 2.66. The Balaban J connectivity index is 1.92. The largest absolute Gasteiger partial charge is 0.489 e. The summed E-state index contributed by atoms with van der Waals surface area (Å²) >= 11 is 0. The third-order valence-corrected chi connectivity index (χ3v) is 3.76. The average Bonchev–Trinajstić information content (AvgIpc) is 2.91. The minimum absolute atomic E-state index is 0.158. The highest BCUT2D eigenvalue weighted by Crippen LogP contribution is 2.25. The van der Waals surface area contributed by atoms with Crippen LogP contribution in [0.15, 0.2) is 48.5 Å². The summed E-state index contributed by atoms with van der Waals surface area (Å²) in [4.78, 5) is 11.8. The molecular weight excluding hydrogens is 304 g/mol. The second kappa shape index (κ2) is 6.84. The molecule has 3 aromatic rings. The average molecular weight is 324 g/mol. The van der Waals surface area contributed by atoms with E-state index in [1.54, 1.807) is 6.92 Å². The van der Waals surface area contributed by atoms with Crippen LogP contribution in [0.1, 0.15) is 29.9 Å². The second-order valence-electron chi connectivity index (χ2n) is 5.88. The zero-order chi connectivity index (χ0) is 17.1. The number of rotatable bonds is 5. The molecule has 0 amide bonds. The molecule has 0 fully saturated rings. The van der Waals surface area contributed by atoms with Crippen LogP contribution in [0.4, 0.5) is 0 Å². The van der Waals surface area contributed by atoms with Crippen molar-refractivity contribution in [1.82, 2.24) is 9.78 Å². The van der Waals surface area contributed by atoms with E-state index >= 15 is 0 Å². The molecule has 3 rings (SSSR count). The van der Waals surface area contributed by atoms with Crippen molar-refractivity contribution in [3.8, 4) is 5.75 Å². The zero-order valence-electron chi connectivity index (χ0n) is 13.8. The van der Waals surface area contributed by atoms with E-state index in [1.165, 1.54) is 11.6 Å². The molecule has 1 heterocycles. The second-order valence-corrected chi connectivity index (χ2v) is 5.88. The summed E-state index contributed by atoms with van der Waals surface area (Å²) in [5, 5.41) is 14.8. The lowest BCUT2D eigenvalue weighted by molar-refractivity contribution is 0.0925. The van der Waals surface area contributed by atoms with Crippen molar-refractivity contribution in [2.24, 2.45) is 0 Å². The maximum Gasteiger partial charge on any atom is 0.244 e. The van der Waals surface area contributed by atoms with Gasteiger partial charge in [0.15, 0.2) is 0 Å². The molecule has 0 saturated heterocycles.